The maximum Gasteiger partial charge on any atom is 0.120 e. The van der Waals surface area contributed by atoms with Gasteiger partial charge >= 0.3 is 0 Å². The summed E-state index contributed by atoms with van der Waals surface area (Å²) in [6, 6.07) is 8.01. The summed E-state index contributed by atoms with van der Waals surface area (Å²) in [5.74, 6) is 0.881. The minimum absolute atomic E-state index is 0.169. The fourth-order valence-electron chi connectivity index (χ4n) is 1.45. The fourth-order valence-corrected chi connectivity index (χ4v) is 1.82. The molecule has 1 aromatic carbocycles. The van der Waals surface area contributed by atoms with Crippen LogP contribution in [0.25, 0.3) is 0 Å². The van der Waals surface area contributed by atoms with Crippen LogP contribution in [-0.2, 0) is 0 Å². The van der Waals surface area contributed by atoms with Crippen LogP contribution in [-0.4, -0.2) is 38.2 Å². The molecule has 16 heavy (non-hydrogen) atoms. The van der Waals surface area contributed by atoms with E-state index in [-0.39, 0.29) is 6.04 Å². The van der Waals surface area contributed by atoms with E-state index in [1.807, 2.05) is 38.4 Å². The number of hydrogen-bond acceptors (Lipinski definition) is 3. The number of halogens is 1. The smallest absolute Gasteiger partial charge is 0.120 e. The van der Waals surface area contributed by atoms with E-state index in [2.05, 4.69) is 20.8 Å². The SMILES string of the molecule is CN(C)CC(N)CCOc1cccc(Br)c1. The third-order valence-electron chi connectivity index (χ3n) is 2.15. The van der Waals surface area contributed by atoms with Gasteiger partial charge in [-0.1, -0.05) is 22.0 Å². The second-order valence-corrected chi connectivity index (χ2v) is 5.03. The van der Waals surface area contributed by atoms with Crippen molar-refractivity contribution in [3.05, 3.63) is 28.7 Å². The number of nitrogens with zero attached hydrogens (tertiary/aromatic N) is 1. The molecule has 1 rings (SSSR count). The highest BCUT2D eigenvalue weighted by molar-refractivity contribution is 9.10. The Hall–Kier alpha value is -0.580. The normalized spacial score (nSPS) is 12.8. The minimum atomic E-state index is 0.169. The lowest BCUT2D eigenvalue weighted by Gasteiger charge is -2.16. The van der Waals surface area contributed by atoms with Crippen LogP contribution in [0.1, 0.15) is 6.42 Å². The van der Waals surface area contributed by atoms with E-state index in [4.69, 9.17) is 10.5 Å². The molecule has 0 saturated carbocycles. The lowest BCUT2D eigenvalue weighted by Crippen LogP contribution is -2.34. The van der Waals surface area contributed by atoms with Gasteiger partial charge in [-0.2, -0.15) is 0 Å². The largest absolute Gasteiger partial charge is 0.493 e. The molecule has 0 aromatic heterocycles. The Morgan fingerprint density at radius 1 is 1.44 bits per heavy atom. The molecule has 0 heterocycles. The standard InChI is InChI=1S/C12H19BrN2O/c1-15(2)9-11(14)6-7-16-12-5-3-4-10(13)8-12/h3-5,8,11H,6-7,9,14H2,1-2H3. The monoisotopic (exact) mass is 286 g/mol. The molecule has 0 saturated heterocycles. The Morgan fingerprint density at radius 3 is 2.81 bits per heavy atom. The van der Waals surface area contributed by atoms with Crippen molar-refractivity contribution in [1.29, 1.82) is 0 Å². The average molecular weight is 287 g/mol. The highest BCUT2D eigenvalue weighted by Crippen LogP contribution is 2.17. The quantitative estimate of drug-likeness (QED) is 0.871. The molecule has 0 amide bonds. The molecule has 0 radical (unpaired) electrons. The molecule has 3 nitrogen and oxygen atoms in total. The van der Waals surface area contributed by atoms with E-state index in [9.17, 15) is 0 Å². The van der Waals surface area contributed by atoms with E-state index in [1.165, 1.54) is 0 Å². The van der Waals surface area contributed by atoms with Crippen molar-refractivity contribution >= 4 is 15.9 Å². The zero-order chi connectivity index (χ0) is 12.0. The zero-order valence-electron chi connectivity index (χ0n) is 9.82. The lowest BCUT2D eigenvalue weighted by molar-refractivity contribution is 0.277. The predicted molar refractivity (Wildman–Crippen MR) is 70.8 cm³/mol. The van der Waals surface area contributed by atoms with Crippen molar-refractivity contribution in [2.24, 2.45) is 5.73 Å². The first-order valence-corrected chi connectivity index (χ1v) is 6.16. The topological polar surface area (TPSA) is 38.5 Å². The van der Waals surface area contributed by atoms with Crippen LogP contribution in [0, 0.1) is 0 Å². The first-order chi connectivity index (χ1) is 7.58. The van der Waals surface area contributed by atoms with Crippen molar-refractivity contribution < 1.29 is 4.74 Å². The Labute approximate surface area is 106 Å². The number of benzene rings is 1. The van der Waals surface area contributed by atoms with Gasteiger partial charge in [0.1, 0.15) is 5.75 Å². The van der Waals surface area contributed by atoms with Crippen LogP contribution < -0.4 is 10.5 Å². The molecule has 0 bridgehead atoms. The third kappa shape index (κ3) is 5.49. The number of likely N-dealkylation sites (N-methyl/N-ethyl adjacent to an activating group) is 1. The molecule has 1 atom stereocenters. The summed E-state index contributed by atoms with van der Waals surface area (Å²) in [6.45, 7) is 1.55. The van der Waals surface area contributed by atoms with Crippen molar-refractivity contribution in [3.8, 4) is 5.75 Å². The van der Waals surface area contributed by atoms with Gasteiger partial charge in [0.05, 0.1) is 6.61 Å². The Morgan fingerprint density at radius 2 is 2.19 bits per heavy atom. The van der Waals surface area contributed by atoms with Crippen LogP contribution in [0.2, 0.25) is 0 Å². The molecule has 0 aliphatic rings. The molecule has 0 aliphatic carbocycles. The third-order valence-corrected chi connectivity index (χ3v) is 2.65. The number of ether oxygens (including phenoxy) is 1. The maximum absolute atomic E-state index is 5.94. The van der Waals surface area contributed by atoms with E-state index in [0.717, 1.165) is 23.2 Å². The van der Waals surface area contributed by atoms with E-state index in [0.29, 0.717) is 6.61 Å². The molecule has 0 fully saturated rings. The summed E-state index contributed by atoms with van der Waals surface area (Å²) in [7, 11) is 4.05. The second-order valence-electron chi connectivity index (χ2n) is 4.12. The van der Waals surface area contributed by atoms with Gasteiger partial charge in [0.15, 0.2) is 0 Å². The van der Waals surface area contributed by atoms with Gasteiger partial charge in [-0.3, -0.25) is 0 Å². The molecular weight excluding hydrogens is 268 g/mol. The molecule has 0 aliphatic heterocycles. The highest BCUT2D eigenvalue weighted by Gasteiger charge is 2.04. The predicted octanol–water partition coefficient (Wildman–Crippen LogP) is 2.11. The van der Waals surface area contributed by atoms with Gasteiger partial charge in [0.25, 0.3) is 0 Å². The van der Waals surface area contributed by atoms with Gasteiger partial charge in [-0.25, -0.2) is 0 Å². The second kappa shape index (κ2) is 6.89. The Balaban J connectivity index is 2.25. The van der Waals surface area contributed by atoms with Crippen LogP contribution in [0.4, 0.5) is 0 Å². The number of hydrogen-bond donors (Lipinski definition) is 1. The van der Waals surface area contributed by atoms with Crippen molar-refractivity contribution in [2.75, 3.05) is 27.2 Å². The Bertz CT molecular complexity index is 318. The zero-order valence-corrected chi connectivity index (χ0v) is 11.4. The number of nitrogens with two attached hydrogens (primary N) is 1. The molecular formula is C12H19BrN2O. The lowest BCUT2D eigenvalue weighted by atomic mass is 10.2. The molecule has 4 heteroatoms. The Kier molecular flexibility index (Phi) is 5.80. The molecule has 0 spiro atoms. The first-order valence-electron chi connectivity index (χ1n) is 5.36. The molecule has 90 valence electrons. The van der Waals surface area contributed by atoms with Crippen LogP contribution in [0.5, 0.6) is 5.75 Å². The number of rotatable bonds is 6. The fraction of sp³-hybridized carbons (Fsp3) is 0.500. The van der Waals surface area contributed by atoms with Gasteiger partial charge < -0.3 is 15.4 Å². The summed E-state index contributed by atoms with van der Waals surface area (Å²) < 4.78 is 6.64. The van der Waals surface area contributed by atoms with Gasteiger partial charge in [0.2, 0.25) is 0 Å². The van der Waals surface area contributed by atoms with Crippen molar-refractivity contribution in [3.63, 3.8) is 0 Å². The van der Waals surface area contributed by atoms with Crippen molar-refractivity contribution in [2.45, 2.75) is 12.5 Å². The highest BCUT2D eigenvalue weighted by atomic mass is 79.9. The van der Waals surface area contributed by atoms with E-state index in [1.54, 1.807) is 0 Å². The van der Waals surface area contributed by atoms with Gasteiger partial charge in [0, 0.05) is 17.1 Å². The van der Waals surface area contributed by atoms with Gasteiger partial charge in [-0.05, 0) is 38.7 Å². The van der Waals surface area contributed by atoms with E-state index >= 15 is 0 Å². The summed E-state index contributed by atoms with van der Waals surface area (Å²) in [5.41, 5.74) is 5.94. The van der Waals surface area contributed by atoms with Crippen molar-refractivity contribution in [1.82, 2.24) is 4.90 Å². The first kappa shape index (κ1) is 13.5. The maximum atomic E-state index is 5.94. The molecule has 1 unspecified atom stereocenters. The van der Waals surface area contributed by atoms with Crippen LogP contribution in [0.3, 0.4) is 0 Å². The summed E-state index contributed by atoms with van der Waals surface area (Å²) in [4.78, 5) is 2.09. The molecule has 2 N–H and O–H groups in total. The minimum Gasteiger partial charge on any atom is -0.493 e. The van der Waals surface area contributed by atoms with Gasteiger partial charge in [-0.15, -0.1) is 0 Å². The average Bonchev–Trinajstić information content (AvgIpc) is 2.16. The molecule has 1 aromatic rings. The van der Waals surface area contributed by atoms with Crippen LogP contribution in [0.15, 0.2) is 28.7 Å². The van der Waals surface area contributed by atoms with E-state index < -0.39 is 0 Å². The summed E-state index contributed by atoms with van der Waals surface area (Å²) in [5, 5.41) is 0. The summed E-state index contributed by atoms with van der Waals surface area (Å²) in [6.07, 6.45) is 0.866. The van der Waals surface area contributed by atoms with Crippen LogP contribution >= 0.6 is 15.9 Å². The summed E-state index contributed by atoms with van der Waals surface area (Å²) >= 11 is 3.40.